The summed E-state index contributed by atoms with van der Waals surface area (Å²) < 4.78 is 10.7. The zero-order chi connectivity index (χ0) is 13.6. The first-order chi connectivity index (χ1) is 9.15. The Morgan fingerprint density at radius 2 is 1.79 bits per heavy atom. The van der Waals surface area contributed by atoms with Crippen LogP contribution in [0.15, 0.2) is 12.1 Å². The molecule has 0 amide bonds. The SMILES string of the molecule is COc1ccc(C(Cl)C2CC3CC3C2)c(OC)c1Cl. The summed E-state index contributed by atoms with van der Waals surface area (Å²) in [6, 6.07) is 3.84. The Balaban J connectivity index is 1.88. The predicted molar refractivity (Wildman–Crippen MR) is 77.5 cm³/mol. The molecule has 19 heavy (non-hydrogen) atoms. The highest BCUT2D eigenvalue weighted by molar-refractivity contribution is 6.34. The zero-order valence-corrected chi connectivity index (χ0v) is 12.7. The van der Waals surface area contributed by atoms with Gasteiger partial charge in [-0.25, -0.2) is 0 Å². The maximum atomic E-state index is 6.67. The number of benzene rings is 1. The molecule has 3 rings (SSSR count). The quantitative estimate of drug-likeness (QED) is 0.752. The van der Waals surface area contributed by atoms with Crippen LogP contribution in [0.5, 0.6) is 11.5 Å². The van der Waals surface area contributed by atoms with Gasteiger partial charge >= 0.3 is 0 Å². The molecule has 2 fully saturated rings. The molecule has 104 valence electrons. The molecule has 1 aromatic rings. The molecule has 1 aromatic carbocycles. The minimum Gasteiger partial charge on any atom is -0.495 e. The number of hydrogen-bond acceptors (Lipinski definition) is 2. The standard InChI is InChI=1S/C15H18Cl2O2/c1-18-12-4-3-11(15(19-2)14(12)17)13(16)10-6-8-5-9(8)7-10/h3-4,8-10,13H,5-7H2,1-2H3. The van der Waals surface area contributed by atoms with E-state index in [0.29, 0.717) is 22.4 Å². The topological polar surface area (TPSA) is 18.5 Å². The smallest absolute Gasteiger partial charge is 0.145 e. The van der Waals surface area contributed by atoms with Crippen molar-refractivity contribution in [2.24, 2.45) is 17.8 Å². The van der Waals surface area contributed by atoms with Gasteiger partial charge < -0.3 is 9.47 Å². The number of ether oxygens (including phenoxy) is 2. The number of methoxy groups -OCH3 is 2. The highest BCUT2D eigenvalue weighted by atomic mass is 35.5. The van der Waals surface area contributed by atoms with E-state index in [-0.39, 0.29) is 5.38 Å². The van der Waals surface area contributed by atoms with Crippen LogP contribution < -0.4 is 9.47 Å². The number of fused-ring (bicyclic) bond motifs is 1. The minimum atomic E-state index is -0.0221. The summed E-state index contributed by atoms with van der Waals surface area (Å²) in [5.74, 6) is 3.67. The molecule has 2 aliphatic rings. The fourth-order valence-electron chi connectivity index (χ4n) is 3.39. The van der Waals surface area contributed by atoms with Crippen LogP contribution in [-0.2, 0) is 0 Å². The average molecular weight is 301 g/mol. The summed E-state index contributed by atoms with van der Waals surface area (Å²) in [5, 5.41) is 0.488. The van der Waals surface area contributed by atoms with Gasteiger partial charge in [-0.15, -0.1) is 11.6 Å². The molecule has 0 N–H and O–H groups in total. The Morgan fingerprint density at radius 3 is 2.37 bits per heavy atom. The molecule has 2 nitrogen and oxygen atoms in total. The van der Waals surface area contributed by atoms with E-state index in [2.05, 4.69) is 0 Å². The first-order valence-electron chi connectivity index (χ1n) is 6.70. The largest absolute Gasteiger partial charge is 0.495 e. The molecule has 3 atom stereocenters. The van der Waals surface area contributed by atoms with Crippen LogP contribution in [0.1, 0.15) is 30.2 Å². The Hall–Kier alpha value is -0.600. The van der Waals surface area contributed by atoms with Crippen LogP contribution in [0.4, 0.5) is 0 Å². The van der Waals surface area contributed by atoms with Gasteiger partial charge in [-0.05, 0) is 43.1 Å². The second-order valence-corrected chi connectivity index (χ2v) is 6.44. The molecule has 0 bridgehead atoms. The number of alkyl halides is 1. The molecular weight excluding hydrogens is 283 g/mol. The highest BCUT2D eigenvalue weighted by Crippen LogP contribution is 2.59. The van der Waals surface area contributed by atoms with Gasteiger partial charge in [0, 0.05) is 5.56 Å². The van der Waals surface area contributed by atoms with Gasteiger partial charge in [0.1, 0.15) is 16.5 Å². The van der Waals surface area contributed by atoms with Gasteiger partial charge in [0.25, 0.3) is 0 Å². The molecule has 0 aliphatic heterocycles. The summed E-state index contributed by atoms with van der Waals surface area (Å²) >= 11 is 13.0. The van der Waals surface area contributed by atoms with Crippen molar-refractivity contribution < 1.29 is 9.47 Å². The Morgan fingerprint density at radius 1 is 1.11 bits per heavy atom. The maximum Gasteiger partial charge on any atom is 0.145 e. The molecule has 3 unspecified atom stereocenters. The Kier molecular flexibility index (Phi) is 3.57. The lowest BCUT2D eigenvalue weighted by molar-refractivity contribution is 0.384. The summed E-state index contributed by atoms with van der Waals surface area (Å²) in [7, 11) is 3.23. The van der Waals surface area contributed by atoms with Crippen molar-refractivity contribution in [3.63, 3.8) is 0 Å². The van der Waals surface area contributed by atoms with E-state index >= 15 is 0 Å². The van der Waals surface area contributed by atoms with E-state index in [0.717, 1.165) is 17.4 Å². The van der Waals surface area contributed by atoms with Crippen LogP contribution in [0, 0.1) is 17.8 Å². The van der Waals surface area contributed by atoms with E-state index in [9.17, 15) is 0 Å². The maximum absolute atomic E-state index is 6.67. The average Bonchev–Trinajstić information content (AvgIpc) is 3.04. The van der Waals surface area contributed by atoms with Crippen LogP contribution in [-0.4, -0.2) is 14.2 Å². The fourth-order valence-corrected chi connectivity index (χ4v) is 4.09. The van der Waals surface area contributed by atoms with E-state index in [1.165, 1.54) is 19.3 Å². The van der Waals surface area contributed by atoms with E-state index in [1.54, 1.807) is 14.2 Å². The van der Waals surface area contributed by atoms with E-state index in [1.807, 2.05) is 12.1 Å². The Labute approximate surface area is 124 Å². The lowest BCUT2D eigenvalue weighted by Gasteiger charge is -2.22. The normalized spacial score (nSPS) is 29.8. The summed E-state index contributed by atoms with van der Waals surface area (Å²) in [6.07, 6.45) is 3.89. The molecule has 4 heteroatoms. The highest BCUT2D eigenvalue weighted by Gasteiger charge is 2.48. The van der Waals surface area contributed by atoms with Crippen LogP contribution >= 0.6 is 23.2 Å². The minimum absolute atomic E-state index is 0.0221. The van der Waals surface area contributed by atoms with Crippen molar-refractivity contribution in [3.05, 3.63) is 22.7 Å². The van der Waals surface area contributed by atoms with Crippen molar-refractivity contribution in [1.82, 2.24) is 0 Å². The van der Waals surface area contributed by atoms with E-state index in [4.69, 9.17) is 32.7 Å². The van der Waals surface area contributed by atoms with Gasteiger partial charge in [0.05, 0.1) is 19.6 Å². The van der Waals surface area contributed by atoms with Gasteiger partial charge in [-0.2, -0.15) is 0 Å². The number of hydrogen-bond donors (Lipinski definition) is 0. The third kappa shape index (κ3) is 2.30. The van der Waals surface area contributed by atoms with E-state index < -0.39 is 0 Å². The van der Waals surface area contributed by atoms with Gasteiger partial charge in [0.15, 0.2) is 0 Å². The summed E-state index contributed by atoms with van der Waals surface area (Å²) in [5.41, 5.74) is 0.987. The molecule has 2 saturated carbocycles. The lowest BCUT2D eigenvalue weighted by atomic mass is 9.93. The molecule has 0 heterocycles. The third-order valence-corrected chi connectivity index (χ3v) is 5.46. The first kappa shape index (κ1) is 13.4. The van der Waals surface area contributed by atoms with Crippen molar-refractivity contribution >= 4 is 23.2 Å². The van der Waals surface area contributed by atoms with Gasteiger partial charge in [-0.1, -0.05) is 17.7 Å². The second-order valence-electron chi connectivity index (χ2n) is 5.59. The molecule has 0 aromatic heterocycles. The summed E-state index contributed by atoms with van der Waals surface area (Å²) in [6.45, 7) is 0. The molecule has 0 spiro atoms. The molecule has 2 aliphatic carbocycles. The number of rotatable bonds is 4. The van der Waals surface area contributed by atoms with Crippen LogP contribution in [0.25, 0.3) is 0 Å². The Bertz CT molecular complexity index is 479. The third-order valence-electron chi connectivity index (χ3n) is 4.51. The van der Waals surface area contributed by atoms with Crippen LogP contribution in [0.2, 0.25) is 5.02 Å². The monoisotopic (exact) mass is 300 g/mol. The number of halogens is 2. The van der Waals surface area contributed by atoms with Crippen molar-refractivity contribution in [2.75, 3.05) is 14.2 Å². The predicted octanol–water partition coefficient (Wildman–Crippen LogP) is 4.68. The van der Waals surface area contributed by atoms with Crippen molar-refractivity contribution in [1.29, 1.82) is 0 Å². The van der Waals surface area contributed by atoms with Crippen molar-refractivity contribution in [2.45, 2.75) is 24.6 Å². The van der Waals surface area contributed by atoms with Crippen LogP contribution in [0.3, 0.4) is 0 Å². The van der Waals surface area contributed by atoms with Gasteiger partial charge in [-0.3, -0.25) is 0 Å². The summed E-state index contributed by atoms with van der Waals surface area (Å²) in [4.78, 5) is 0. The molecular formula is C15H18Cl2O2. The molecule has 0 saturated heterocycles. The second kappa shape index (κ2) is 5.06. The van der Waals surface area contributed by atoms with Crippen molar-refractivity contribution in [3.8, 4) is 11.5 Å². The zero-order valence-electron chi connectivity index (χ0n) is 11.2. The molecule has 0 radical (unpaired) electrons. The first-order valence-corrected chi connectivity index (χ1v) is 7.51. The van der Waals surface area contributed by atoms with Gasteiger partial charge in [0.2, 0.25) is 0 Å². The fraction of sp³-hybridized carbons (Fsp3) is 0.600. The lowest BCUT2D eigenvalue weighted by Crippen LogP contribution is -2.08.